The monoisotopic (exact) mass is 374 g/mol. The molecule has 0 atom stereocenters. The number of benzene rings is 1. The largest absolute Gasteiger partial charge is 0.381 e. The summed E-state index contributed by atoms with van der Waals surface area (Å²) < 4.78 is 21.0. The maximum Gasteiger partial charge on any atom is 0.227 e. The summed E-state index contributed by atoms with van der Waals surface area (Å²) in [7, 11) is 1.91. The number of aromatic nitrogens is 3. The Balaban J connectivity index is 1.74. The van der Waals surface area contributed by atoms with Crippen LogP contribution in [0.4, 0.5) is 4.39 Å². The highest BCUT2D eigenvalue weighted by atomic mass is 19.1. The van der Waals surface area contributed by atoms with E-state index in [4.69, 9.17) is 4.74 Å². The molecule has 146 valence electrons. The Hall–Kier alpha value is -2.28. The third kappa shape index (κ3) is 4.35. The molecule has 1 N–H and O–H groups in total. The minimum absolute atomic E-state index is 0.0378. The van der Waals surface area contributed by atoms with Gasteiger partial charge in [-0.25, -0.2) is 4.39 Å². The molecular formula is C20H27FN4O2. The molecule has 0 unspecified atom stereocenters. The van der Waals surface area contributed by atoms with Crippen molar-refractivity contribution in [2.75, 3.05) is 13.2 Å². The van der Waals surface area contributed by atoms with E-state index in [9.17, 15) is 9.18 Å². The van der Waals surface area contributed by atoms with Crippen LogP contribution in [-0.4, -0.2) is 33.9 Å². The predicted molar refractivity (Wildman–Crippen MR) is 99.5 cm³/mol. The van der Waals surface area contributed by atoms with E-state index in [1.54, 1.807) is 6.07 Å². The first-order chi connectivity index (χ1) is 12.9. The summed E-state index contributed by atoms with van der Waals surface area (Å²) >= 11 is 0. The lowest BCUT2D eigenvalue weighted by Crippen LogP contribution is -2.46. The molecule has 1 amide bonds. The van der Waals surface area contributed by atoms with Gasteiger partial charge in [0.2, 0.25) is 5.91 Å². The van der Waals surface area contributed by atoms with Crippen molar-refractivity contribution in [2.24, 2.45) is 12.5 Å². The first kappa shape index (κ1) is 19.5. The van der Waals surface area contributed by atoms with Gasteiger partial charge in [0.15, 0.2) is 5.82 Å². The molecule has 1 saturated heterocycles. The zero-order chi connectivity index (χ0) is 19.4. The molecule has 0 spiro atoms. The Morgan fingerprint density at radius 2 is 2.07 bits per heavy atom. The van der Waals surface area contributed by atoms with Crippen molar-refractivity contribution in [3.8, 4) is 0 Å². The first-order valence-electron chi connectivity index (χ1n) is 9.40. The summed E-state index contributed by atoms with van der Waals surface area (Å²) in [5, 5.41) is 11.4. The standard InChI is InChI=1S/C20H27FN4O2/c1-14(2)18-24-23-17(25(18)3)13-22-19(26)20(7-9-27-10-8-20)12-15-5-4-6-16(21)11-15/h4-6,11,14H,7-10,12-13H2,1-3H3,(H,22,26). The summed E-state index contributed by atoms with van der Waals surface area (Å²) in [5.41, 5.74) is 0.235. The fraction of sp³-hybridized carbons (Fsp3) is 0.550. The van der Waals surface area contributed by atoms with Crippen LogP contribution in [0.3, 0.4) is 0 Å². The van der Waals surface area contributed by atoms with Gasteiger partial charge in [0.25, 0.3) is 0 Å². The van der Waals surface area contributed by atoms with E-state index in [1.165, 1.54) is 12.1 Å². The molecule has 0 aliphatic carbocycles. The number of rotatable bonds is 6. The highest BCUT2D eigenvalue weighted by Crippen LogP contribution is 2.35. The van der Waals surface area contributed by atoms with E-state index >= 15 is 0 Å². The van der Waals surface area contributed by atoms with Gasteiger partial charge in [-0.05, 0) is 37.0 Å². The topological polar surface area (TPSA) is 69.0 Å². The van der Waals surface area contributed by atoms with E-state index in [0.717, 1.165) is 17.2 Å². The summed E-state index contributed by atoms with van der Waals surface area (Å²) in [5.74, 6) is 1.56. The van der Waals surface area contributed by atoms with Crippen molar-refractivity contribution in [3.05, 3.63) is 47.3 Å². The minimum atomic E-state index is -0.592. The number of amides is 1. The fourth-order valence-corrected chi connectivity index (χ4v) is 3.66. The van der Waals surface area contributed by atoms with Crippen LogP contribution in [0.1, 0.15) is 49.8 Å². The number of carbonyl (C=O) groups is 1. The molecule has 1 aromatic carbocycles. The van der Waals surface area contributed by atoms with Crippen LogP contribution in [0.5, 0.6) is 0 Å². The predicted octanol–water partition coefficient (Wildman–Crippen LogP) is 2.73. The summed E-state index contributed by atoms with van der Waals surface area (Å²) in [6.07, 6.45) is 1.73. The second kappa shape index (κ2) is 8.17. The van der Waals surface area contributed by atoms with Crippen molar-refractivity contribution >= 4 is 5.91 Å². The van der Waals surface area contributed by atoms with Crippen LogP contribution in [0.15, 0.2) is 24.3 Å². The number of nitrogens with one attached hydrogen (secondary N) is 1. The molecule has 1 aliphatic rings. The SMILES string of the molecule is CC(C)c1nnc(CNC(=O)C2(Cc3cccc(F)c3)CCOCC2)n1C. The van der Waals surface area contributed by atoms with E-state index in [0.29, 0.717) is 39.0 Å². The molecule has 0 radical (unpaired) electrons. The Morgan fingerprint density at radius 1 is 1.33 bits per heavy atom. The zero-order valence-electron chi connectivity index (χ0n) is 16.2. The Labute approximate surface area is 159 Å². The van der Waals surface area contributed by atoms with Crippen LogP contribution in [0.25, 0.3) is 0 Å². The van der Waals surface area contributed by atoms with Gasteiger partial charge in [0, 0.05) is 26.2 Å². The van der Waals surface area contributed by atoms with E-state index in [2.05, 4.69) is 29.4 Å². The van der Waals surface area contributed by atoms with Crippen LogP contribution < -0.4 is 5.32 Å². The van der Waals surface area contributed by atoms with Gasteiger partial charge in [0.05, 0.1) is 12.0 Å². The number of carbonyl (C=O) groups excluding carboxylic acids is 1. The molecule has 3 rings (SSSR count). The van der Waals surface area contributed by atoms with Gasteiger partial charge in [0.1, 0.15) is 11.6 Å². The van der Waals surface area contributed by atoms with Gasteiger partial charge in [-0.2, -0.15) is 0 Å². The summed E-state index contributed by atoms with van der Waals surface area (Å²) in [6.45, 7) is 5.50. The smallest absolute Gasteiger partial charge is 0.227 e. The molecule has 1 fully saturated rings. The van der Waals surface area contributed by atoms with E-state index in [1.807, 2.05) is 17.7 Å². The number of ether oxygens (including phenoxy) is 1. The van der Waals surface area contributed by atoms with Crippen molar-refractivity contribution in [1.29, 1.82) is 0 Å². The van der Waals surface area contributed by atoms with Crippen molar-refractivity contribution < 1.29 is 13.9 Å². The maximum absolute atomic E-state index is 13.6. The number of hydrogen-bond donors (Lipinski definition) is 1. The Morgan fingerprint density at radius 3 is 2.70 bits per heavy atom. The van der Waals surface area contributed by atoms with E-state index in [-0.39, 0.29) is 17.6 Å². The molecule has 2 heterocycles. The molecule has 0 bridgehead atoms. The molecule has 1 aliphatic heterocycles. The number of nitrogens with zero attached hydrogens (tertiary/aromatic N) is 3. The Kier molecular flexibility index (Phi) is 5.89. The summed E-state index contributed by atoms with van der Waals surface area (Å²) in [6, 6.07) is 6.47. The molecule has 2 aromatic rings. The van der Waals surface area contributed by atoms with Crippen molar-refractivity contribution in [1.82, 2.24) is 20.1 Å². The molecular weight excluding hydrogens is 347 g/mol. The van der Waals surface area contributed by atoms with Crippen molar-refractivity contribution in [2.45, 2.75) is 45.6 Å². The number of hydrogen-bond acceptors (Lipinski definition) is 4. The van der Waals surface area contributed by atoms with Crippen molar-refractivity contribution in [3.63, 3.8) is 0 Å². The fourth-order valence-electron chi connectivity index (χ4n) is 3.66. The molecule has 1 aromatic heterocycles. The normalized spacial score (nSPS) is 16.5. The molecule has 6 nitrogen and oxygen atoms in total. The highest BCUT2D eigenvalue weighted by molar-refractivity contribution is 5.83. The second-order valence-corrected chi connectivity index (χ2v) is 7.57. The Bertz CT molecular complexity index is 797. The van der Waals surface area contributed by atoms with Crippen LogP contribution >= 0.6 is 0 Å². The van der Waals surface area contributed by atoms with Crippen LogP contribution in [-0.2, 0) is 29.5 Å². The average Bonchev–Trinajstić information content (AvgIpc) is 3.01. The van der Waals surface area contributed by atoms with Gasteiger partial charge in [-0.3, -0.25) is 4.79 Å². The number of halogens is 1. The van der Waals surface area contributed by atoms with Crippen LogP contribution in [0, 0.1) is 11.2 Å². The van der Waals surface area contributed by atoms with Crippen LogP contribution in [0.2, 0.25) is 0 Å². The summed E-state index contributed by atoms with van der Waals surface area (Å²) in [4.78, 5) is 13.1. The molecule has 27 heavy (non-hydrogen) atoms. The lowest BCUT2D eigenvalue weighted by molar-refractivity contribution is -0.136. The molecule has 0 saturated carbocycles. The maximum atomic E-state index is 13.6. The first-order valence-corrected chi connectivity index (χ1v) is 9.40. The van der Waals surface area contributed by atoms with Gasteiger partial charge in [-0.1, -0.05) is 26.0 Å². The minimum Gasteiger partial charge on any atom is -0.381 e. The lowest BCUT2D eigenvalue weighted by Gasteiger charge is -2.36. The zero-order valence-corrected chi connectivity index (χ0v) is 16.2. The quantitative estimate of drug-likeness (QED) is 0.844. The highest BCUT2D eigenvalue weighted by Gasteiger charge is 2.40. The third-order valence-electron chi connectivity index (χ3n) is 5.29. The molecule has 7 heteroatoms. The van der Waals surface area contributed by atoms with E-state index < -0.39 is 5.41 Å². The van der Waals surface area contributed by atoms with Gasteiger partial charge < -0.3 is 14.6 Å². The van der Waals surface area contributed by atoms with Gasteiger partial charge in [-0.15, -0.1) is 10.2 Å². The third-order valence-corrected chi connectivity index (χ3v) is 5.29. The van der Waals surface area contributed by atoms with Gasteiger partial charge >= 0.3 is 0 Å². The lowest BCUT2D eigenvalue weighted by atomic mass is 9.74. The second-order valence-electron chi connectivity index (χ2n) is 7.57. The average molecular weight is 374 g/mol.